The van der Waals surface area contributed by atoms with Crippen LogP contribution in [0, 0.1) is 0 Å². The molecular weight excluding hydrogens is 1730 g/mol. The number of thiophene rings is 12. The minimum absolute atomic E-state index is 1.14. The number of unbranched alkanes of at least 4 members (excludes halogenated alkanes) is 28. The fourth-order valence-corrected chi connectivity index (χ4v) is 32.9. The summed E-state index contributed by atoms with van der Waals surface area (Å²) >= 11 is 24.8. The van der Waals surface area contributed by atoms with Crippen LogP contribution < -0.4 is 0 Å². The Morgan fingerprint density at radius 3 is 0.524 bits per heavy atom. The zero-order valence-electron chi connectivity index (χ0n) is 76.0. The molecule has 0 bridgehead atoms. The highest BCUT2D eigenvalue weighted by atomic mass is 32.1. The van der Waals surface area contributed by atoms with Crippen LogP contribution in [0.1, 0.15) is 331 Å². The Hall–Kier alpha value is -5.16. The Morgan fingerprint density at radius 1 is 0.137 bits per heavy atom. The average molecular weight is 1870 g/mol. The molecule has 0 N–H and O–H groups in total. The molecule has 0 aliphatic heterocycles. The quantitative estimate of drug-likeness (QED) is 0.0333. The highest BCUT2D eigenvalue weighted by molar-refractivity contribution is 7.33. The van der Waals surface area contributed by atoms with Gasteiger partial charge in [-0.05, 0) is 255 Å². The number of hydrogen-bond donors (Lipinski definition) is 0. The van der Waals surface area contributed by atoms with Gasteiger partial charge in [0.25, 0.3) is 0 Å². The lowest BCUT2D eigenvalue weighted by atomic mass is 10.0. The number of aryl methyl sites for hydroxylation is 8. The fraction of sp³-hybridized carbons (Fsp3) is 0.464. The summed E-state index contributed by atoms with van der Waals surface area (Å²) in [5.41, 5.74) is 15.1. The topological polar surface area (TPSA) is 0 Å². The highest BCUT2D eigenvalue weighted by Crippen LogP contribution is 2.56. The second kappa shape index (κ2) is 50.3. The van der Waals surface area contributed by atoms with Crippen LogP contribution in [0.15, 0.2) is 158 Å². The molecule has 2 aromatic carbocycles. The molecule has 124 heavy (non-hydrogen) atoms. The summed E-state index contributed by atoms with van der Waals surface area (Å²) < 4.78 is 0. The van der Waals surface area contributed by atoms with Gasteiger partial charge in [-0.25, -0.2) is 0 Å². The maximum Gasteiger partial charge on any atom is 0.0481 e. The molecule has 12 heteroatoms. The summed E-state index contributed by atoms with van der Waals surface area (Å²) in [6, 6.07) is 63.2. The molecular formula is C112H138S12. The Bertz CT molecular complexity index is 5370. The van der Waals surface area contributed by atoms with Crippen LogP contribution in [0.4, 0.5) is 0 Å². The van der Waals surface area contributed by atoms with Crippen LogP contribution in [0.3, 0.4) is 0 Å². The third-order valence-electron chi connectivity index (χ3n) is 24.9. The van der Waals surface area contributed by atoms with Gasteiger partial charge in [0.15, 0.2) is 0 Å². The Labute approximate surface area is 796 Å². The summed E-state index contributed by atoms with van der Waals surface area (Å²) in [4.78, 5) is 35.1. The van der Waals surface area contributed by atoms with E-state index in [1.165, 1.54) is 359 Å². The molecule has 0 unspecified atom stereocenters. The first-order valence-electron chi connectivity index (χ1n) is 48.7. The Kier molecular flexibility index (Phi) is 38.5. The van der Waals surface area contributed by atoms with E-state index < -0.39 is 0 Å². The zero-order chi connectivity index (χ0) is 85.6. The van der Waals surface area contributed by atoms with Crippen LogP contribution in [0.25, 0.3) is 128 Å². The van der Waals surface area contributed by atoms with Crippen molar-refractivity contribution in [3.63, 3.8) is 0 Å². The lowest BCUT2D eigenvalue weighted by Crippen LogP contribution is -1.87. The second-order valence-electron chi connectivity index (χ2n) is 35.0. The van der Waals surface area contributed by atoms with Gasteiger partial charge in [-0.15, -0.1) is 136 Å². The van der Waals surface area contributed by atoms with Crippen LogP contribution >= 0.6 is 136 Å². The van der Waals surface area contributed by atoms with Gasteiger partial charge >= 0.3 is 0 Å². The van der Waals surface area contributed by atoms with Gasteiger partial charge in [-0.3, -0.25) is 0 Å². The molecule has 0 amide bonds. The van der Waals surface area contributed by atoms with Crippen molar-refractivity contribution in [2.24, 2.45) is 0 Å². The molecule has 0 radical (unpaired) electrons. The van der Waals surface area contributed by atoms with Crippen molar-refractivity contribution >= 4 is 136 Å². The van der Waals surface area contributed by atoms with E-state index in [-0.39, 0.29) is 0 Å². The number of hydrogen-bond acceptors (Lipinski definition) is 12. The lowest BCUT2D eigenvalue weighted by molar-refractivity contribution is 0.576. The van der Waals surface area contributed by atoms with E-state index >= 15 is 0 Å². The summed E-state index contributed by atoms with van der Waals surface area (Å²) in [7, 11) is 0. The van der Waals surface area contributed by atoms with E-state index in [1.54, 1.807) is 44.5 Å². The lowest BCUT2D eigenvalue weighted by Gasteiger charge is -2.03. The van der Waals surface area contributed by atoms with Crippen LogP contribution in [-0.4, -0.2) is 0 Å². The van der Waals surface area contributed by atoms with E-state index in [0.29, 0.717) is 0 Å². The molecule has 0 saturated carbocycles. The van der Waals surface area contributed by atoms with Crippen LogP contribution in [0.5, 0.6) is 0 Å². The third kappa shape index (κ3) is 25.7. The molecule has 658 valence electrons. The van der Waals surface area contributed by atoms with Crippen molar-refractivity contribution in [3.05, 3.63) is 202 Å². The monoisotopic (exact) mass is 1870 g/mol. The van der Waals surface area contributed by atoms with E-state index in [1.807, 2.05) is 68.0 Å². The minimum atomic E-state index is 1.14. The summed E-state index contributed by atoms with van der Waals surface area (Å²) in [6.07, 6.45) is 55.7. The van der Waals surface area contributed by atoms with Gasteiger partial charge in [0, 0.05) is 117 Å². The molecule has 0 spiro atoms. The summed E-state index contributed by atoms with van der Waals surface area (Å²) in [6.45, 7) is 18.8. The van der Waals surface area contributed by atoms with E-state index in [0.717, 1.165) is 51.4 Å². The maximum atomic E-state index is 2.68. The molecule has 0 atom stereocenters. The number of benzene rings is 2. The molecule has 0 saturated heterocycles. The summed E-state index contributed by atoms with van der Waals surface area (Å²) in [5.74, 6) is 0. The van der Waals surface area contributed by atoms with Crippen molar-refractivity contribution in [1.82, 2.24) is 0 Å². The molecule has 14 aromatic rings. The standard InChI is InChI=1S/C112H138S12/c1-9-17-25-33-34-35-36-46-62-82-72-98(80-53-49-38-50-54-80)118-110(82)102-76-86(59-43-30-22-14-6)106(122-102)94-68-64-90(114-94)92-66-70-96(116-92)108-88(61-45-32-24-16-8)78-104(124-108)112-84(57-41-28-20-12-4)74-100(120-112)99-73-83(56-40-27-19-11-3)111(119-99)103-77-87(60-44-31-23-15-7)107(123-103)95-69-65-91(115-95)89-63-67-93(113-89)105-85(58-42-29-21-13-5)75-101(121-105)109-81(55-39-26-18-10-2)71-97(117-109)79-51-47-37-48-52-79/h37-38,47-54,63-78H,9-36,39-46,55-62H2,1-8H3. The van der Waals surface area contributed by atoms with Gasteiger partial charge in [0.2, 0.25) is 0 Å². The van der Waals surface area contributed by atoms with Crippen LogP contribution in [-0.2, 0) is 51.4 Å². The third-order valence-corrected chi connectivity index (χ3v) is 40.8. The SMILES string of the molecule is CCCCCCCCCCc1cc(-c2ccccc2)sc1-c1cc(CCCCCC)c(-c2ccc(-c3ccc(-c4sc(-c5sc(-c6cc(CCCCCC)c(-c7cc(CCCCCC)c(-c8ccc(-c9ccc(-c%10sc(-c%11sc(-c%12ccccc%12)cc%11CCCCCC)cc%10CCCCCC)s9)s8)s7)s6)cc5CCCCCC)cc4CCCCCC)s3)s2)s1. The normalized spacial score (nSPS) is 11.8. The van der Waals surface area contributed by atoms with Gasteiger partial charge in [-0.2, -0.15) is 0 Å². The molecule has 0 aliphatic carbocycles. The molecule has 12 heterocycles. The van der Waals surface area contributed by atoms with E-state index in [2.05, 4.69) is 281 Å². The van der Waals surface area contributed by atoms with Crippen molar-refractivity contribution in [3.8, 4) is 128 Å². The minimum Gasteiger partial charge on any atom is -0.134 e. The van der Waals surface area contributed by atoms with Gasteiger partial charge in [0.1, 0.15) is 0 Å². The fourth-order valence-electron chi connectivity index (χ4n) is 17.8. The van der Waals surface area contributed by atoms with Crippen molar-refractivity contribution < 1.29 is 0 Å². The zero-order valence-corrected chi connectivity index (χ0v) is 85.8. The van der Waals surface area contributed by atoms with Crippen molar-refractivity contribution in [2.45, 2.75) is 338 Å². The first-order valence-corrected chi connectivity index (χ1v) is 58.5. The van der Waals surface area contributed by atoms with E-state index in [9.17, 15) is 0 Å². The van der Waals surface area contributed by atoms with E-state index in [4.69, 9.17) is 0 Å². The van der Waals surface area contributed by atoms with Gasteiger partial charge in [0.05, 0.1) is 0 Å². The first-order chi connectivity index (χ1) is 61.2. The van der Waals surface area contributed by atoms with Crippen molar-refractivity contribution in [1.29, 1.82) is 0 Å². The van der Waals surface area contributed by atoms with Gasteiger partial charge < -0.3 is 0 Å². The predicted molar refractivity (Wildman–Crippen MR) is 573 cm³/mol. The first kappa shape index (κ1) is 94.9. The predicted octanol–water partition coefficient (Wildman–Crippen LogP) is 42.6. The largest absolute Gasteiger partial charge is 0.134 e. The Balaban J connectivity index is 0.762. The average Bonchev–Trinajstić information content (AvgIpc) is 1.61. The Morgan fingerprint density at radius 2 is 0.298 bits per heavy atom. The molecule has 12 aromatic heterocycles. The smallest absolute Gasteiger partial charge is 0.0481 e. The van der Waals surface area contributed by atoms with Gasteiger partial charge in [-0.1, -0.05) is 296 Å². The molecule has 14 rings (SSSR count). The highest BCUT2D eigenvalue weighted by Gasteiger charge is 2.28. The van der Waals surface area contributed by atoms with Crippen molar-refractivity contribution in [2.75, 3.05) is 0 Å². The van der Waals surface area contributed by atoms with Crippen LogP contribution in [0.2, 0.25) is 0 Å². The molecule has 0 nitrogen and oxygen atoms in total. The number of rotatable bonds is 57. The second-order valence-corrected chi connectivity index (χ2v) is 47.8. The maximum absolute atomic E-state index is 2.68. The summed E-state index contributed by atoms with van der Waals surface area (Å²) in [5, 5.41) is 0. The molecule has 0 fully saturated rings. The molecule has 0 aliphatic rings.